The summed E-state index contributed by atoms with van der Waals surface area (Å²) in [5, 5.41) is 5.43. The topological polar surface area (TPSA) is 97.3 Å². The minimum atomic E-state index is -0.788. The zero-order valence-electron chi connectivity index (χ0n) is 12.1. The van der Waals surface area contributed by atoms with Crippen LogP contribution in [0.4, 0.5) is 4.79 Å². The van der Waals surface area contributed by atoms with Gasteiger partial charge in [0.1, 0.15) is 5.60 Å². The van der Waals surface area contributed by atoms with Crippen LogP contribution in [0, 0.1) is 6.33 Å². The average Bonchev–Trinajstić information content (AvgIpc) is 2.32. The Hall–Kier alpha value is -2.12. The summed E-state index contributed by atoms with van der Waals surface area (Å²) in [7, 11) is 1.61. The Labute approximate surface area is 116 Å². The number of nitrogens with one attached hydrogen (secondary N) is 1. The zero-order chi connectivity index (χ0) is 15.3. The molecule has 8 heteroatoms. The minimum Gasteiger partial charge on any atom is -0.444 e. The SMILES string of the molecule is CN(CCCn1[c]n[nH]c(=O)c1=O)C(=O)OC(C)(C)C. The first-order valence-electron chi connectivity index (χ1n) is 6.22. The van der Waals surface area contributed by atoms with Gasteiger partial charge in [-0.3, -0.25) is 14.2 Å². The number of rotatable bonds is 4. The molecule has 0 aromatic carbocycles. The number of H-pyrrole nitrogens is 1. The summed E-state index contributed by atoms with van der Waals surface area (Å²) in [6, 6.07) is 0. The molecule has 0 spiro atoms. The average molecular weight is 283 g/mol. The molecule has 8 nitrogen and oxygen atoms in total. The van der Waals surface area contributed by atoms with Crippen LogP contribution in [0.1, 0.15) is 27.2 Å². The Bertz CT molecular complexity index is 570. The standard InChI is InChI=1S/C12H19N4O4/c1-12(2,3)20-11(19)15(4)6-5-7-16-8-13-14-9(17)10(16)18/h5-7H2,1-4H3,(H,14,17). The van der Waals surface area contributed by atoms with Crippen molar-refractivity contribution >= 4 is 6.09 Å². The lowest BCUT2D eigenvalue weighted by atomic mass is 10.2. The number of hydrogen-bond donors (Lipinski definition) is 1. The summed E-state index contributed by atoms with van der Waals surface area (Å²) in [5.41, 5.74) is -2.05. The fourth-order valence-electron chi connectivity index (χ4n) is 1.40. The molecule has 0 saturated carbocycles. The fourth-order valence-corrected chi connectivity index (χ4v) is 1.40. The van der Waals surface area contributed by atoms with E-state index in [1.165, 1.54) is 4.90 Å². The third-order valence-corrected chi connectivity index (χ3v) is 2.35. The second-order valence-corrected chi connectivity index (χ2v) is 5.36. The van der Waals surface area contributed by atoms with Crippen molar-refractivity contribution in [2.24, 2.45) is 0 Å². The number of hydrogen-bond acceptors (Lipinski definition) is 5. The van der Waals surface area contributed by atoms with Gasteiger partial charge in [0.15, 0.2) is 0 Å². The normalized spacial score (nSPS) is 11.2. The number of carbonyl (C=O) groups is 1. The highest BCUT2D eigenvalue weighted by Crippen LogP contribution is 2.09. The second-order valence-electron chi connectivity index (χ2n) is 5.36. The van der Waals surface area contributed by atoms with Gasteiger partial charge in [-0.15, -0.1) is 0 Å². The lowest BCUT2D eigenvalue weighted by molar-refractivity contribution is 0.0295. The second kappa shape index (κ2) is 6.36. The summed E-state index contributed by atoms with van der Waals surface area (Å²) in [6.45, 7) is 6.00. The number of aromatic nitrogens is 3. The maximum Gasteiger partial charge on any atom is 0.410 e. The van der Waals surface area contributed by atoms with Crippen molar-refractivity contribution in [2.45, 2.75) is 39.3 Å². The van der Waals surface area contributed by atoms with Crippen molar-refractivity contribution in [3.8, 4) is 0 Å². The molecule has 111 valence electrons. The van der Waals surface area contributed by atoms with Gasteiger partial charge in [0.05, 0.1) is 0 Å². The van der Waals surface area contributed by atoms with Crippen LogP contribution in [0.25, 0.3) is 0 Å². The monoisotopic (exact) mass is 283 g/mol. The summed E-state index contributed by atoms with van der Waals surface area (Å²) in [6.07, 6.45) is 2.43. The first-order valence-corrected chi connectivity index (χ1v) is 6.22. The van der Waals surface area contributed by atoms with Gasteiger partial charge in [-0.25, -0.2) is 9.89 Å². The lowest BCUT2D eigenvalue weighted by Crippen LogP contribution is -2.38. The quantitative estimate of drug-likeness (QED) is 0.784. The Morgan fingerprint density at radius 2 is 2.10 bits per heavy atom. The molecule has 1 aromatic rings. The van der Waals surface area contributed by atoms with E-state index < -0.39 is 22.8 Å². The predicted molar refractivity (Wildman–Crippen MR) is 71.4 cm³/mol. The van der Waals surface area contributed by atoms with Crippen molar-refractivity contribution < 1.29 is 9.53 Å². The van der Waals surface area contributed by atoms with Crippen molar-refractivity contribution in [1.82, 2.24) is 19.7 Å². The van der Waals surface area contributed by atoms with Gasteiger partial charge in [0.2, 0.25) is 6.33 Å². The Balaban J connectivity index is 2.48. The highest BCUT2D eigenvalue weighted by atomic mass is 16.6. The third-order valence-electron chi connectivity index (χ3n) is 2.35. The maximum atomic E-state index is 11.7. The molecular weight excluding hydrogens is 264 g/mol. The molecular formula is C12H19N4O4. The van der Waals surface area contributed by atoms with Crippen LogP contribution in [-0.2, 0) is 11.3 Å². The highest BCUT2D eigenvalue weighted by molar-refractivity contribution is 5.67. The van der Waals surface area contributed by atoms with Gasteiger partial charge in [0.25, 0.3) is 0 Å². The van der Waals surface area contributed by atoms with Crippen LogP contribution < -0.4 is 11.1 Å². The summed E-state index contributed by atoms with van der Waals surface area (Å²) in [5.74, 6) is 0. The van der Waals surface area contributed by atoms with E-state index in [-0.39, 0.29) is 6.54 Å². The third kappa shape index (κ3) is 4.87. The van der Waals surface area contributed by atoms with Crippen molar-refractivity contribution in [2.75, 3.05) is 13.6 Å². The molecule has 1 N–H and O–H groups in total. The summed E-state index contributed by atoms with van der Waals surface area (Å²) in [4.78, 5) is 35.6. The van der Waals surface area contributed by atoms with E-state index in [0.717, 1.165) is 4.57 Å². The van der Waals surface area contributed by atoms with Crippen LogP contribution in [-0.4, -0.2) is 45.0 Å². The molecule has 1 radical (unpaired) electrons. The Morgan fingerprint density at radius 3 is 2.70 bits per heavy atom. The molecule has 0 fully saturated rings. The molecule has 0 aliphatic heterocycles. The maximum absolute atomic E-state index is 11.7. The van der Waals surface area contributed by atoms with Crippen LogP contribution in [0.2, 0.25) is 0 Å². The van der Waals surface area contributed by atoms with Gasteiger partial charge < -0.3 is 9.64 Å². The molecule has 0 bridgehead atoms. The molecule has 0 atom stereocenters. The molecule has 0 aliphatic carbocycles. The number of amides is 1. The first-order chi connectivity index (χ1) is 9.20. The molecule has 0 saturated heterocycles. The van der Waals surface area contributed by atoms with Crippen LogP contribution in [0.3, 0.4) is 0 Å². The van der Waals surface area contributed by atoms with E-state index in [9.17, 15) is 14.4 Å². The number of nitrogens with zero attached hydrogens (tertiary/aromatic N) is 3. The van der Waals surface area contributed by atoms with E-state index in [1.54, 1.807) is 27.8 Å². The van der Waals surface area contributed by atoms with Crippen molar-refractivity contribution in [3.63, 3.8) is 0 Å². The van der Waals surface area contributed by atoms with E-state index >= 15 is 0 Å². The van der Waals surface area contributed by atoms with Gasteiger partial charge in [-0.2, -0.15) is 5.10 Å². The largest absolute Gasteiger partial charge is 0.444 e. The Morgan fingerprint density at radius 1 is 1.45 bits per heavy atom. The van der Waals surface area contributed by atoms with Crippen LogP contribution in [0.15, 0.2) is 9.59 Å². The van der Waals surface area contributed by atoms with Crippen LogP contribution in [0.5, 0.6) is 0 Å². The number of carbonyl (C=O) groups excluding carboxylic acids is 1. The highest BCUT2D eigenvalue weighted by Gasteiger charge is 2.19. The van der Waals surface area contributed by atoms with Crippen LogP contribution >= 0.6 is 0 Å². The number of aromatic amines is 1. The molecule has 1 heterocycles. The van der Waals surface area contributed by atoms with E-state index in [1.807, 2.05) is 5.10 Å². The number of aryl methyl sites for hydroxylation is 1. The fraction of sp³-hybridized carbons (Fsp3) is 0.667. The molecule has 20 heavy (non-hydrogen) atoms. The zero-order valence-corrected chi connectivity index (χ0v) is 12.1. The van der Waals surface area contributed by atoms with Crippen molar-refractivity contribution in [3.05, 3.63) is 27.0 Å². The molecule has 0 unspecified atom stereocenters. The first kappa shape index (κ1) is 15.9. The smallest absolute Gasteiger partial charge is 0.410 e. The van der Waals surface area contributed by atoms with Gasteiger partial charge in [-0.05, 0) is 27.2 Å². The van der Waals surface area contributed by atoms with E-state index in [4.69, 9.17) is 4.74 Å². The summed E-state index contributed by atoms with van der Waals surface area (Å²) >= 11 is 0. The molecule has 1 amide bonds. The predicted octanol–water partition coefficient (Wildman–Crippen LogP) is -0.0112. The minimum absolute atomic E-state index is 0.253. The lowest BCUT2D eigenvalue weighted by Gasteiger charge is -2.24. The van der Waals surface area contributed by atoms with E-state index in [0.29, 0.717) is 13.0 Å². The van der Waals surface area contributed by atoms with Gasteiger partial charge in [0, 0.05) is 20.1 Å². The number of ether oxygens (including phenoxy) is 1. The van der Waals surface area contributed by atoms with Crippen molar-refractivity contribution in [1.29, 1.82) is 0 Å². The molecule has 1 rings (SSSR count). The summed E-state index contributed by atoms with van der Waals surface area (Å²) < 4.78 is 6.27. The molecule has 0 aliphatic rings. The van der Waals surface area contributed by atoms with Gasteiger partial charge in [-0.1, -0.05) is 0 Å². The molecule has 1 aromatic heterocycles. The Kier molecular flexibility index (Phi) is 5.06. The van der Waals surface area contributed by atoms with E-state index in [2.05, 4.69) is 11.4 Å². The van der Waals surface area contributed by atoms with Gasteiger partial charge >= 0.3 is 17.2 Å².